The van der Waals surface area contributed by atoms with Crippen LogP contribution in [0.25, 0.3) is 0 Å². The number of hydrogen-bond acceptors (Lipinski definition) is 3. The van der Waals surface area contributed by atoms with Gasteiger partial charge in [0.25, 0.3) is 11.8 Å². The number of nitrogens with one attached hydrogen (secondary N) is 2. The van der Waals surface area contributed by atoms with E-state index in [1.54, 1.807) is 54.6 Å². The predicted molar refractivity (Wildman–Crippen MR) is 111 cm³/mol. The smallest absolute Gasteiger partial charge is 0.255 e. The number of hydrogen-bond donors (Lipinski definition) is 2. The van der Waals surface area contributed by atoms with Crippen molar-refractivity contribution in [1.29, 1.82) is 0 Å². The Bertz CT molecular complexity index is 951. The van der Waals surface area contributed by atoms with Gasteiger partial charge < -0.3 is 15.4 Å². The van der Waals surface area contributed by atoms with Crippen molar-refractivity contribution in [2.75, 3.05) is 10.6 Å². The molecule has 0 saturated carbocycles. The van der Waals surface area contributed by atoms with E-state index in [0.29, 0.717) is 28.3 Å². The summed E-state index contributed by atoms with van der Waals surface area (Å²) >= 11 is 0. The van der Waals surface area contributed by atoms with Crippen molar-refractivity contribution in [2.45, 2.75) is 20.0 Å². The molecule has 0 atom stereocenters. The minimum atomic E-state index is -0.227. The zero-order chi connectivity index (χ0) is 19.9. The topological polar surface area (TPSA) is 67.4 Å². The van der Waals surface area contributed by atoms with Crippen LogP contribution in [0.3, 0.4) is 0 Å². The number of anilines is 2. The van der Waals surface area contributed by atoms with Gasteiger partial charge in [-0.3, -0.25) is 9.59 Å². The molecule has 3 aromatic carbocycles. The molecule has 3 rings (SSSR count). The number of carbonyl (C=O) groups is 2. The van der Waals surface area contributed by atoms with Gasteiger partial charge in [0, 0.05) is 22.5 Å². The van der Waals surface area contributed by atoms with E-state index in [9.17, 15) is 9.59 Å². The van der Waals surface area contributed by atoms with Crippen molar-refractivity contribution in [3.63, 3.8) is 0 Å². The molecular weight excluding hydrogens is 352 g/mol. The first kappa shape index (κ1) is 19.2. The lowest BCUT2D eigenvalue weighted by atomic mass is 10.2. The van der Waals surface area contributed by atoms with E-state index in [0.717, 1.165) is 0 Å². The van der Waals surface area contributed by atoms with Crippen molar-refractivity contribution >= 4 is 23.2 Å². The fraction of sp³-hybridized carbons (Fsp3) is 0.130. The highest BCUT2D eigenvalue weighted by Crippen LogP contribution is 2.18. The number of amides is 2. The Kier molecular flexibility index (Phi) is 6.07. The highest BCUT2D eigenvalue weighted by molar-refractivity contribution is 6.05. The number of benzene rings is 3. The van der Waals surface area contributed by atoms with Gasteiger partial charge in [0.05, 0.1) is 6.10 Å². The summed E-state index contributed by atoms with van der Waals surface area (Å²) in [6.45, 7) is 3.87. The summed E-state index contributed by atoms with van der Waals surface area (Å²) < 4.78 is 5.62. The Morgan fingerprint density at radius 1 is 0.714 bits per heavy atom. The van der Waals surface area contributed by atoms with Gasteiger partial charge in [0.2, 0.25) is 0 Å². The van der Waals surface area contributed by atoms with E-state index >= 15 is 0 Å². The van der Waals surface area contributed by atoms with Crippen molar-refractivity contribution in [3.8, 4) is 5.75 Å². The molecule has 0 saturated heterocycles. The van der Waals surface area contributed by atoms with Gasteiger partial charge in [0.15, 0.2) is 0 Å². The van der Waals surface area contributed by atoms with Crippen molar-refractivity contribution in [3.05, 3.63) is 90.0 Å². The summed E-state index contributed by atoms with van der Waals surface area (Å²) in [5, 5.41) is 5.67. The first-order chi connectivity index (χ1) is 13.5. The molecule has 0 heterocycles. The van der Waals surface area contributed by atoms with Gasteiger partial charge in [-0.05, 0) is 68.4 Å². The quantitative estimate of drug-likeness (QED) is 0.639. The molecule has 2 amide bonds. The molecule has 0 fully saturated rings. The monoisotopic (exact) mass is 374 g/mol. The van der Waals surface area contributed by atoms with Crippen LogP contribution in [0.15, 0.2) is 78.9 Å². The molecular formula is C23H22N2O3. The normalized spacial score (nSPS) is 10.4. The van der Waals surface area contributed by atoms with Gasteiger partial charge in [-0.2, -0.15) is 0 Å². The molecule has 0 radical (unpaired) electrons. The molecule has 0 aliphatic rings. The largest absolute Gasteiger partial charge is 0.491 e. The summed E-state index contributed by atoms with van der Waals surface area (Å²) in [5.41, 5.74) is 2.39. The van der Waals surface area contributed by atoms with E-state index in [2.05, 4.69) is 10.6 Å². The van der Waals surface area contributed by atoms with Gasteiger partial charge in [-0.25, -0.2) is 0 Å². The molecule has 0 aliphatic heterocycles. The second-order valence-electron chi connectivity index (χ2n) is 6.55. The maximum Gasteiger partial charge on any atom is 0.255 e. The molecule has 0 aliphatic carbocycles. The van der Waals surface area contributed by atoms with Crippen LogP contribution in [0.4, 0.5) is 11.4 Å². The van der Waals surface area contributed by atoms with E-state index in [1.807, 2.05) is 38.1 Å². The average molecular weight is 374 g/mol. The Hall–Kier alpha value is -3.60. The fourth-order valence-electron chi connectivity index (χ4n) is 2.62. The zero-order valence-electron chi connectivity index (χ0n) is 15.8. The van der Waals surface area contributed by atoms with Crippen LogP contribution in [0.2, 0.25) is 0 Å². The number of rotatable bonds is 6. The number of ether oxygens (including phenoxy) is 1. The minimum Gasteiger partial charge on any atom is -0.491 e. The van der Waals surface area contributed by atoms with Gasteiger partial charge >= 0.3 is 0 Å². The Morgan fingerprint density at radius 3 is 1.82 bits per heavy atom. The Morgan fingerprint density at radius 2 is 1.25 bits per heavy atom. The highest BCUT2D eigenvalue weighted by atomic mass is 16.5. The minimum absolute atomic E-state index is 0.0388. The molecule has 5 heteroatoms. The van der Waals surface area contributed by atoms with Crippen LogP contribution in [-0.4, -0.2) is 17.9 Å². The van der Waals surface area contributed by atoms with Crippen LogP contribution in [0.1, 0.15) is 34.6 Å². The number of carbonyl (C=O) groups excluding carboxylic acids is 2. The summed E-state index contributed by atoms with van der Waals surface area (Å²) in [6.07, 6.45) is 0.0388. The standard InChI is InChI=1S/C23H22N2O3/c1-16(2)28-21-10-6-9-18(15-21)23(27)25-20-13-11-19(12-14-20)24-22(26)17-7-4-3-5-8-17/h3-16H,1-2H3,(H,24,26)(H,25,27). The third-order valence-corrected chi connectivity index (χ3v) is 3.90. The lowest BCUT2D eigenvalue weighted by Gasteiger charge is -2.11. The third-order valence-electron chi connectivity index (χ3n) is 3.90. The summed E-state index contributed by atoms with van der Waals surface area (Å²) in [5.74, 6) is 0.247. The molecule has 2 N–H and O–H groups in total. The first-order valence-corrected chi connectivity index (χ1v) is 9.06. The highest BCUT2D eigenvalue weighted by Gasteiger charge is 2.09. The summed E-state index contributed by atoms with van der Waals surface area (Å²) in [7, 11) is 0. The lowest BCUT2D eigenvalue weighted by molar-refractivity contribution is 0.101. The van der Waals surface area contributed by atoms with E-state index in [1.165, 1.54) is 0 Å². The van der Waals surface area contributed by atoms with E-state index in [-0.39, 0.29) is 17.9 Å². The van der Waals surface area contributed by atoms with Gasteiger partial charge in [-0.1, -0.05) is 24.3 Å². The lowest BCUT2D eigenvalue weighted by Crippen LogP contribution is -2.13. The molecule has 28 heavy (non-hydrogen) atoms. The van der Waals surface area contributed by atoms with Crippen LogP contribution >= 0.6 is 0 Å². The van der Waals surface area contributed by atoms with Crippen molar-refractivity contribution in [2.24, 2.45) is 0 Å². The SMILES string of the molecule is CC(C)Oc1cccc(C(=O)Nc2ccc(NC(=O)c3ccccc3)cc2)c1. The average Bonchev–Trinajstić information content (AvgIpc) is 2.70. The second-order valence-corrected chi connectivity index (χ2v) is 6.55. The molecule has 5 nitrogen and oxygen atoms in total. The van der Waals surface area contributed by atoms with E-state index < -0.39 is 0 Å². The molecule has 0 bridgehead atoms. The molecule has 0 unspecified atom stereocenters. The van der Waals surface area contributed by atoms with Crippen LogP contribution in [-0.2, 0) is 0 Å². The summed E-state index contributed by atoms with van der Waals surface area (Å²) in [4.78, 5) is 24.6. The maximum absolute atomic E-state index is 12.5. The molecule has 0 aromatic heterocycles. The molecule has 0 spiro atoms. The van der Waals surface area contributed by atoms with Crippen LogP contribution in [0.5, 0.6) is 5.75 Å². The molecule has 3 aromatic rings. The fourth-order valence-corrected chi connectivity index (χ4v) is 2.62. The third kappa shape index (κ3) is 5.20. The predicted octanol–water partition coefficient (Wildman–Crippen LogP) is 4.98. The Balaban J connectivity index is 1.62. The van der Waals surface area contributed by atoms with Crippen LogP contribution in [0, 0.1) is 0 Å². The first-order valence-electron chi connectivity index (χ1n) is 9.06. The van der Waals surface area contributed by atoms with Crippen molar-refractivity contribution in [1.82, 2.24) is 0 Å². The zero-order valence-corrected chi connectivity index (χ0v) is 15.8. The second kappa shape index (κ2) is 8.86. The van der Waals surface area contributed by atoms with Crippen LogP contribution < -0.4 is 15.4 Å². The van der Waals surface area contributed by atoms with Gasteiger partial charge in [-0.15, -0.1) is 0 Å². The Labute approximate surface area is 164 Å². The van der Waals surface area contributed by atoms with Crippen molar-refractivity contribution < 1.29 is 14.3 Å². The maximum atomic E-state index is 12.5. The molecule has 142 valence electrons. The van der Waals surface area contributed by atoms with Gasteiger partial charge in [0.1, 0.15) is 5.75 Å². The summed E-state index contributed by atoms with van der Waals surface area (Å²) in [6, 6.07) is 23.0. The van der Waals surface area contributed by atoms with E-state index in [4.69, 9.17) is 4.74 Å².